The Morgan fingerprint density at radius 2 is 0.261 bits per heavy atom. The standard InChI is InChI=1S/5CH6O6P2.Na.H/c5*2-8(3,4)1-9(5,6)7;;/h5*1H2,(H2,2,3,4)(H2,5,6,7);;/q;;;;;+1;-1. The fraction of sp³-hybridized carbons (Fsp3) is 1.00. The summed E-state index contributed by atoms with van der Waals surface area (Å²) < 4.78 is 98.5. The summed E-state index contributed by atoms with van der Waals surface area (Å²) in [6.07, 6.45) is 0. The van der Waals surface area contributed by atoms with E-state index in [1.165, 1.54) is 0 Å². The molecule has 0 aromatic heterocycles. The Kier molecular flexibility index (Phi) is 29.7. The minimum atomic E-state index is -4.55. The van der Waals surface area contributed by atoms with Gasteiger partial charge < -0.3 is 99.3 Å². The van der Waals surface area contributed by atoms with E-state index < -0.39 is 105 Å². The van der Waals surface area contributed by atoms with Gasteiger partial charge in [-0.3, -0.25) is 45.7 Å². The first-order valence-electron chi connectivity index (χ1n) is 8.99. The second-order valence-corrected chi connectivity index (χ2v) is 26.3. The van der Waals surface area contributed by atoms with E-state index in [0.717, 1.165) is 0 Å². The van der Waals surface area contributed by atoms with Gasteiger partial charge in [-0.2, -0.15) is 0 Å². The molecule has 0 saturated carbocycles. The molecule has 0 aromatic carbocycles. The summed E-state index contributed by atoms with van der Waals surface area (Å²) in [5.74, 6) is -6.88. The summed E-state index contributed by atoms with van der Waals surface area (Å²) in [6, 6.07) is 0. The maximum Gasteiger partial charge on any atom is 1.00 e. The third-order valence-corrected chi connectivity index (χ3v) is 16.6. The Labute approximate surface area is 279 Å². The van der Waals surface area contributed by atoms with Crippen LogP contribution in [0, 0.1) is 0 Å². The zero-order valence-corrected chi connectivity index (χ0v) is 33.0. The van der Waals surface area contributed by atoms with Crippen LogP contribution in [-0.2, 0) is 45.7 Å². The van der Waals surface area contributed by atoms with E-state index in [0.29, 0.717) is 0 Å². The molecule has 0 saturated heterocycles. The molecule has 0 unspecified atom stereocenters. The normalized spacial score (nSPS) is 13.5. The van der Waals surface area contributed by atoms with E-state index in [2.05, 4.69) is 0 Å². The molecule has 0 aromatic rings. The maximum absolute atomic E-state index is 9.85. The number of rotatable bonds is 10. The second kappa shape index (κ2) is 22.5. The molecular formula is C5H31NaO30P10. The molecule has 0 rings (SSSR count). The quantitative estimate of drug-likeness (QED) is 0.0716. The van der Waals surface area contributed by atoms with Gasteiger partial charge in [0.25, 0.3) is 0 Å². The third kappa shape index (κ3) is 91.1. The van der Waals surface area contributed by atoms with E-state index in [9.17, 15) is 45.7 Å². The first-order valence-corrected chi connectivity index (χ1v) is 27.0. The van der Waals surface area contributed by atoms with Gasteiger partial charge >= 0.3 is 106 Å². The molecule has 0 amide bonds. The van der Waals surface area contributed by atoms with Gasteiger partial charge in [0, 0.05) is 0 Å². The zero-order valence-electron chi connectivity index (χ0n) is 23.0. The van der Waals surface area contributed by atoms with Crippen LogP contribution in [-0.4, -0.2) is 127 Å². The molecule has 0 heterocycles. The van der Waals surface area contributed by atoms with Crippen molar-refractivity contribution in [3.63, 3.8) is 0 Å². The van der Waals surface area contributed by atoms with Crippen LogP contribution in [0.3, 0.4) is 0 Å². The van der Waals surface area contributed by atoms with Crippen molar-refractivity contribution in [2.75, 3.05) is 29.5 Å². The summed E-state index contributed by atoms with van der Waals surface area (Å²) in [4.78, 5) is 159. The summed E-state index contributed by atoms with van der Waals surface area (Å²) >= 11 is 0. The number of hydrogen-bond donors (Lipinski definition) is 20. The smallest absolute Gasteiger partial charge is 1.00 e. The Morgan fingerprint density at radius 3 is 0.261 bits per heavy atom. The summed E-state index contributed by atoms with van der Waals surface area (Å²) in [5.41, 5.74) is 0. The molecule has 0 fully saturated rings. The Morgan fingerprint density at radius 1 is 0.217 bits per heavy atom. The fourth-order valence-electron chi connectivity index (χ4n) is 1.20. The van der Waals surface area contributed by atoms with Crippen LogP contribution in [0.25, 0.3) is 0 Å². The predicted molar refractivity (Wildman–Crippen MR) is 146 cm³/mol. The summed E-state index contributed by atoms with van der Waals surface area (Å²) in [6.45, 7) is 0. The van der Waals surface area contributed by atoms with Crippen LogP contribution in [0.4, 0.5) is 0 Å². The van der Waals surface area contributed by atoms with Crippen molar-refractivity contribution in [3.05, 3.63) is 0 Å². The third-order valence-electron chi connectivity index (χ3n) is 1.84. The van der Waals surface area contributed by atoms with Gasteiger partial charge in [-0.05, 0) is 0 Å². The van der Waals surface area contributed by atoms with Crippen LogP contribution in [0.15, 0.2) is 0 Å². The van der Waals surface area contributed by atoms with Gasteiger partial charge in [0.15, 0.2) is 29.5 Å². The van der Waals surface area contributed by atoms with E-state index in [4.69, 9.17) is 97.9 Å². The minimum absolute atomic E-state index is 0. The molecule has 0 aliphatic rings. The van der Waals surface area contributed by atoms with Gasteiger partial charge in [0.2, 0.25) is 0 Å². The monoisotopic (exact) mass is 904 g/mol. The second-order valence-electron chi connectivity index (χ2n) is 7.35. The topological polar surface area (TPSA) is 575 Å². The molecular weight excluding hydrogens is 873 g/mol. The Balaban J connectivity index is -0.0000000842. The van der Waals surface area contributed by atoms with Gasteiger partial charge in [-0.1, -0.05) is 0 Å². The molecule has 0 bridgehead atoms. The summed E-state index contributed by atoms with van der Waals surface area (Å²) in [5, 5.41) is 0. The number of hydrogen-bond acceptors (Lipinski definition) is 10. The molecule has 0 radical (unpaired) electrons. The van der Waals surface area contributed by atoms with Crippen molar-refractivity contribution in [3.8, 4) is 0 Å². The minimum Gasteiger partial charge on any atom is -1.00 e. The maximum atomic E-state index is 9.85. The molecule has 46 heavy (non-hydrogen) atoms. The predicted octanol–water partition coefficient (Wildman–Crippen LogP) is -6.39. The van der Waals surface area contributed by atoms with E-state index >= 15 is 0 Å². The molecule has 0 spiro atoms. The first-order chi connectivity index (χ1) is 18.5. The van der Waals surface area contributed by atoms with Crippen LogP contribution in [0.1, 0.15) is 1.43 Å². The van der Waals surface area contributed by atoms with Crippen molar-refractivity contribution in [2.45, 2.75) is 0 Å². The van der Waals surface area contributed by atoms with Crippen molar-refractivity contribution in [2.24, 2.45) is 0 Å². The van der Waals surface area contributed by atoms with Crippen LogP contribution in [0.5, 0.6) is 0 Å². The molecule has 41 heteroatoms. The van der Waals surface area contributed by atoms with Gasteiger partial charge in [-0.15, -0.1) is 0 Å². The molecule has 20 N–H and O–H groups in total. The van der Waals surface area contributed by atoms with Crippen molar-refractivity contribution < 1.29 is 175 Å². The molecule has 30 nitrogen and oxygen atoms in total. The van der Waals surface area contributed by atoms with Crippen LogP contribution in [0.2, 0.25) is 0 Å². The van der Waals surface area contributed by atoms with Crippen molar-refractivity contribution >= 4 is 76.0 Å². The average Bonchev–Trinajstić information content (AvgIpc) is 2.36. The molecule has 0 aliphatic carbocycles. The van der Waals surface area contributed by atoms with Crippen molar-refractivity contribution in [1.29, 1.82) is 0 Å². The largest absolute Gasteiger partial charge is 1.00 e. The Bertz CT molecular complexity index is 1020. The first kappa shape index (κ1) is 60.6. The molecule has 0 aliphatic heterocycles. The SMILES string of the molecule is O=P(O)(O)CP(=O)(O)O.O=P(O)(O)CP(=O)(O)O.O=P(O)(O)CP(=O)(O)O.O=P(O)(O)CP(=O)(O)O.O=P(O)(O)CP(=O)(O)O.[H-].[Na+]. The van der Waals surface area contributed by atoms with Gasteiger partial charge in [0.05, 0.1) is 0 Å². The summed E-state index contributed by atoms with van der Waals surface area (Å²) in [7, 11) is -45.5. The fourth-order valence-corrected chi connectivity index (χ4v) is 10.8. The van der Waals surface area contributed by atoms with E-state index in [-0.39, 0.29) is 31.0 Å². The average molecular weight is 904 g/mol. The zero-order chi connectivity index (χ0) is 38.5. The van der Waals surface area contributed by atoms with Gasteiger partial charge in [0.1, 0.15) is 0 Å². The molecule has 282 valence electrons. The Hall–Kier alpha value is 2.50. The van der Waals surface area contributed by atoms with Crippen molar-refractivity contribution in [1.82, 2.24) is 0 Å². The van der Waals surface area contributed by atoms with Gasteiger partial charge in [-0.25, -0.2) is 0 Å². The van der Waals surface area contributed by atoms with E-state index in [1.807, 2.05) is 0 Å². The van der Waals surface area contributed by atoms with Crippen LogP contribution >= 0.6 is 76.0 Å². The van der Waals surface area contributed by atoms with Crippen LogP contribution < -0.4 is 29.6 Å². The van der Waals surface area contributed by atoms with E-state index in [1.54, 1.807) is 0 Å². The molecule has 0 atom stereocenters.